The summed E-state index contributed by atoms with van der Waals surface area (Å²) in [5.74, 6) is 0. The molecule has 0 unspecified atom stereocenters. The van der Waals surface area contributed by atoms with Crippen LogP contribution in [0.1, 0.15) is 18.9 Å². The molecule has 0 aliphatic heterocycles. The van der Waals surface area contributed by atoms with Crippen molar-refractivity contribution in [1.82, 2.24) is 20.0 Å². The zero-order valence-corrected chi connectivity index (χ0v) is 12.3. The van der Waals surface area contributed by atoms with Crippen molar-refractivity contribution >= 4 is 28.6 Å². The maximum Gasteiger partial charge on any atom is 0.269 e. The molecular formula is C11H14ClN5OS. The Bertz CT molecular complexity index is 607. The van der Waals surface area contributed by atoms with Gasteiger partial charge in [0.25, 0.3) is 5.56 Å². The van der Waals surface area contributed by atoms with E-state index in [-0.39, 0.29) is 5.56 Å². The summed E-state index contributed by atoms with van der Waals surface area (Å²) in [4.78, 5) is 14.1. The highest BCUT2D eigenvalue weighted by molar-refractivity contribution is 7.15. The molecule has 2 aromatic rings. The predicted molar refractivity (Wildman–Crippen MR) is 76.1 cm³/mol. The molecule has 2 heterocycles. The lowest BCUT2D eigenvalue weighted by Crippen LogP contribution is -2.28. The van der Waals surface area contributed by atoms with E-state index in [1.54, 1.807) is 12.3 Å². The van der Waals surface area contributed by atoms with E-state index in [0.717, 1.165) is 18.8 Å². The van der Waals surface area contributed by atoms with Crippen molar-refractivity contribution in [3.63, 3.8) is 0 Å². The molecule has 0 N–H and O–H groups in total. The average Bonchev–Trinajstić information content (AvgIpc) is 2.80. The van der Waals surface area contributed by atoms with E-state index in [1.807, 2.05) is 13.8 Å². The van der Waals surface area contributed by atoms with Gasteiger partial charge in [-0.3, -0.25) is 4.79 Å². The highest BCUT2D eigenvalue weighted by Gasteiger charge is 2.08. The zero-order valence-electron chi connectivity index (χ0n) is 10.7. The predicted octanol–water partition coefficient (Wildman–Crippen LogP) is 1.64. The molecule has 0 fully saturated rings. The SMILES string of the molecule is CCN(CC)c1cnn(Cc2nnc(Cl)s2)c(=O)c1. The minimum Gasteiger partial charge on any atom is -0.371 e. The minimum atomic E-state index is -0.157. The molecule has 19 heavy (non-hydrogen) atoms. The van der Waals surface area contributed by atoms with Gasteiger partial charge in [-0.05, 0) is 25.4 Å². The molecule has 0 amide bonds. The van der Waals surface area contributed by atoms with Crippen LogP contribution in [0.25, 0.3) is 0 Å². The number of rotatable bonds is 5. The molecular weight excluding hydrogens is 286 g/mol. The summed E-state index contributed by atoms with van der Waals surface area (Å²) in [5.41, 5.74) is 0.678. The van der Waals surface area contributed by atoms with Crippen molar-refractivity contribution in [3.8, 4) is 0 Å². The van der Waals surface area contributed by atoms with Crippen LogP contribution in [0.4, 0.5) is 5.69 Å². The van der Waals surface area contributed by atoms with Gasteiger partial charge in [0, 0.05) is 19.2 Å². The van der Waals surface area contributed by atoms with Gasteiger partial charge in [0.05, 0.1) is 18.4 Å². The quantitative estimate of drug-likeness (QED) is 0.840. The van der Waals surface area contributed by atoms with Crippen molar-refractivity contribution in [3.05, 3.63) is 32.1 Å². The summed E-state index contributed by atoms with van der Waals surface area (Å²) in [6.07, 6.45) is 1.69. The van der Waals surface area contributed by atoms with E-state index in [4.69, 9.17) is 11.6 Å². The van der Waals surface area contributed by atoms with E-state index >= 15 is 0 Å². The number of aromatic nitrogens is 4. The standard InChI is InChI=1S/C11H14ClN5OS/c1-3-16(4-2)8-5-10(18)17(13-6-8)7-9-14-15-11(12)19-9/h5-6H,3-4,7H2,1-2H3. The van der Waals surface area contributed by atoms with Gasteiger partial charge in [-0.15, -0.1) is 10.2 Å². The van der Waals surface area contributed by atoms with Gasteiger partial charge >= 0.3 is 0 Å². The van der Waals surface area contributed by atoms with Gasteiger partial charge in [-0.25, -0.2) is 4.68 Å². The monoisotopic (exact) mass is 299 g/mol. The summed E-state index contributed by atoms with van der Waals surface area (Å²) in [5, 5.41) is 12.4. The Balaban J connectivity index is 2.22. The molecule has 6 nitrogen and oxygen atoms in total. The number of hydrogen-bond donors (Lipinski definition) is 0. The van der Waals surface area contributed by atoms with Gasteiger partial charge in [0.15, 0.2) is 0 Å². The zero-order chi connectivity index (χ0) is 13.8. The van der Waals surface area contributed by atoms with Crippen LogP contribution in [0.15, 0.2) is 17.1 Å². The molecule has 0 saturated heterocycles. The normalized spacial score (nSPS) is 10.7. The second-order valence-corrected chi connectivity index (χ2v) is 5.47. The van der Waals surface area contributed by atoms with Gasteiger partial charge in [-0.1, -0.05) is 11.3 Å². The van der Waals surface area contributed by atoms with E-state index < -0.39 is 0 Å². The van der Waals surface area contributed by atoms with E-state index in [1.165, 1.54) is 16.0 Å². The molecule has 2 rings (SSSR count). The Morgan fingerprint density at radius 2 is 2.11 bits per heavy atom. The second-order valence-electron chi connectivity index (χ2n) is 3.83. The van der Waals surface area contributed by atoms with Gasteiger partial charge in [-0.2, -0.15) is 5.10 Å². The molecule has 0 bridgehead atoms. The van der Waals surface area contributed by atoms with Crippen LogP contribution in [0, 0.1) is 0 Å². The highest BCUT2D eigenvalue weighted by atomic mass is 35.5. The number of anilines is 1. The Morgan fingerprint density at radius 3 is 2.63 bits per heavy atom. The van der Waals surface area contributed by atoms with Crippen molar-refractivity contribution in [1.29, 1.82) is 0 Å². The summed E-state index contributed by atoms with van der Waals surface area (Å²) >= 11 is 6.95. The molecule has 0 atom stereocenters. The third-order valence-electron chi connectivity index (χ3n) is 2.71. The lowest BCUT2D eigenvalue weighted by Gasteiger charge is -2.20. The van der Waals surface area contributed by atoms with Crippen molar-refractivity contribution < 1.29 is 0 Å². The molecule has 2 aromatic heterocycles. The summed E-state index contributed by atoms with van der Waals surface area (Å²) in [6.45, 7) is 6.06. The van der Waals surface area contributed by atoms with Crippen molar-refractivity contribution in [2.24, 2.45) is 0 Å². The van der Waals surface area contributed by atoms with Crippen LogP contribution in [0.5, 0.6) is 0 Å². The third kappa shape index (κ3) is 3.30. The van der Waals surface area contributed by atoms with Crippen LogP contribution in [0.2, 0.25) is 4.47 Å². The fourth-order valence-corrected chi connectivity index (χ4v) is 2.58. The summed E-state index contributed by atoms with van der Waals surface area (Å²) in [7, 11) is 0. The Hall–Kier alpha value is -1.47. The lowest BCUT2D eigenvalue weighted by molar-refractivity contribution is 0.629. The Kier molecular flexibility index (Phi) is 4.49. The van der Waals surface area contributed by atoms with E-state index in [2.05, 4.69) is 20.2 Å². The largest absolute Gasteiger partial charge is 0.371 e. The van der Waals surface area contributed by atoms with Gasteiger partial charge < -0.3 is 4.90 Å². The van der Waals surface area contributed by atoms with E-state index in [9.17, 15) is 4.79 Å². The fraction of sp³-hybridized carbons (Fsp3) is 0.455. The molecule has 0 radical (unpaired) electrons. The van der Waals surface area contributed by atoms with Crippen LogP contribution < -0.4 is 10.5 Å². The number of nitrogens with zero attached hydrogens (tertiary/aromatic N) is 5. The Labute approximate surface area is 119 Å². The van der Waals surface area contributed by atoms with Crippen LogP contribution in [-0.4, -0.2) is 33.1 Å². The van der Waals surface area contributed by atoms with Gasteiger partial charge in [0.2, 0.25) is 4.47 Å². The molecule has 102 valence electrons. The first-order chi connectivity index (χ1) is 9.13. The lowest BCUT2D eigenvalue weighted by atomic mass is 10.4. The topological polar surface area (TPSA) is 63.9 Å². The first-order valence-electron chi connectivity index (χ1n) is 5.94. The average molecular weight is 300 g/mol. The first kappa shape index (κ1) is 14.0. The fourth-order valence-electron chi connectivity index (χ4n) is 1.73. The summed E-state index contributed by atoms with van der Waals surface area (Å²) in [6, 6.07) is 1.59. The summed E-state index contributed by atoms with van der Waals surface area (Å²) < 4.78 is 1.71. The Morgan fingerprint density at radius 1 is 1.37 bits per heavy atom. The second kappa shape index (κ2) is 6.12. The maximum atomic E-state index is 12.0. The third-order valence-corrected chi connectivity index (χ3v) is 3.71. The van der Waals surface area contributed by atoms with Crippen LogP contribution in [0.3, 0.4) is 0 Å². The van der Waals surface area contributed by atoms with E-state index in [0.29, 0.717) is 16.0 Å². The smallest absolute Gasteiger partial charge is 0.269 e. The molecule has 0 aliphatic carbocycles. The van der Waals surface area contributed by atoms with Crippen LogP contribution >= 0.6 is 22.9 Å². The first-order valence-corrected chi connectivity index (χ1v) is 7.13. The number of halogens is 1. The van der Waals surface area contributed by atoms with Crippen molar-refractivity contribution in [2.75, 3.05) is 18.0 Å². The molecule has 8 heteroatoms. The number of hydrogen-bond acceptors (Lipinski definition) is 6. The highest BCUT2D eigenvalue weighted by Crippen LogP contribution is 2.15. The molecule has 0 aromatic carbocycles. The minimum absolute atomic E-state index is 0.157. The maximum absolute atomic E-state index is 12.0. The molecule has 0 spiro atoms. The molecule has 0 aliphatic rings. The van der Waals surface area contributed by atoms with Crippen molar-refractivity contribution in [2.45, 2.75) is 20.4 Å². The molecule has 0 saturated carbocycles. The van der Waals surface area contributed by atoms with Crippen LogP contribution in [-0.2, 0) is 6.54 Å². The van der Waals surface area contributed by atoms with Gasteiger partial charge in [0.1, 0.15) is 5.01 Å².